The summed E-state index contributed by atoms with van der Waals surface area (Å²) in [4.78, 5) is 18.2. The number of anilines is 1. The third kappa shape index (κ3) is 4.59. The van der Waals surface area contributed by atoms with Gasteiger partial charge in [-0.15, -0.1) is 0 Å². The summed E-state index contributed by atoms with van der Waals surface area (Å²) in [7, 11) is -1.93. The number of nitrogens with zero attached hydrogens (tertiary/aromatic N) is 2. The molecule has 1 aromatic heterocycles. The van der Waals surface area contributed by atoms with Crippen LogP contribution in [0.3, 0.4) is 0 Å². The fourth-order valence-electron chi connectivity index (χ4n) is 4.64. The van der Waals surface area contributed by atoms with Crippen molar-refractivity contribution in [3.8, 4) is 0 Å². The van der Waals surface area contributed by atoms with Gasteiger partial charge in [-0.05, 0) is 63.4 Å². The Bertz CT molecular complexity index is 1420. The number of hydrogen-bond acceptors (Lipinski definition) is 6. The van der Waals surface area contributed by atoms with E-state index in [-0.39, 0.29) is 22.1 Å². The van der Waals surface area contributed by atoms with Crippen LogP contribution in [0.25, 0.3) is 10.9 Å². The molecule has 0 saturated carbocycles. The van der Waals surface area contributed by atoms with E-state index in [1.807, 2.05) is 32.9 Å². The summed E-state index contributed by atoms with van der Waals surface area (Å²) in [5.41, 5.74) is 1.57. The molecule has 4 rings (SSSR count). The molecule has 1 aliphatic heterocycles. The second kappa shape index (κ2) is 8.78. The number of rotatable bonds is 5. The lowest BCUT2D eigenvalue weighted by Crippen LogP contribution is -2.32. The first-order valence-electron chi connectivity index (χ1n) is 11.3. The van der Waals surface area contributed by atoms with Crippen LogP contribution in [0.1, 0.15) is 49.6 Å². The molecule has 182 valence electrons. The van der Waals surface area contributed by atoms with Crippen molar-refractivity contribution in [2.75, 3.05) is 24.8 Å². The molecule has 1 N–H and O–H groups in total. The highest BCUT2D eigenvalue weighted by Gasteiger charge is 2.29. The van der Waals surface area contributed by atoms with Gasteiger partial charge in [0.25, 0.3) is 5.56 Å². The van der Waals surface area contributed by atoms with Gasteiger partial charge in [-0.1, -0.05) is 6.07 Å². The Hall–Kier alpha value is -2.78. The zero-order valence-corrected chi connectivity index (χ0v) is 20.9. The highest BCUT2D eigenvalue weighted by atomic mass is 32.2. The number of sulfone groups is 1. The number of nitrogens with one attached hydrogen (secondary N) is 1. The van der Waals surface area contributed by atoms with Crippen molar-refractivity contribution in [3.05, 3.63) is 63.5 Å². The predicted octanol–water partition coefficient (Wildman–Crippen LogP) is 4.03. The Morgan fingerprint density at radius 2 is 1.85 bits per heavy atom. The molecule has 0 atom stereocenters. The van der Waals surface area contributed by atoms with Gasteiger partial charge in [-0.25, -0.2) is 17.8 Å². The van der Waals surface area contributed by atoms with E-state index >= 15 is 0 Å². The average Bonchev–Trinajstić information content (AvgIpc) is 2.77. The second-order valence-electron chi connectivity index (χ2n) is 9.59. The van der Waals surface area contributed by atoms with Crippen molar-refractivity contribution in [1.29, 1.82) is 0 Å². The molecular formula is C25H30FN3O4S. The van der Waals surface area contributed by atoms with Crippen LogP contribution in [0.2, 0.25) is 0 Å². The summed E-state index contributed by atoms with van der Waals surface area (Å²) >= 11 is 0. The van der Waals surface area contributed by atoms with Crippen LogP contribution in [-0.4, -0.2) is 37.4 Å². The van der Waals surface area contributed by atoms with E-state index in [0.29, 0.717) is 24.1 Å². The number of aromatic nitrogens is 2. The summed E-state index contributed by atoms with van der Waals surface area (Å²) in [6, 6.07) is 7.44. The van der Waals surface area contributed by atoms with Crippen LogP contribution in [0, 0.1) is 12.7 Å². The molecule has 34 heavy (non-hydrogen) atoms. The predicted molar refractivity (Wildman–Crippen MR) is 131 cm³/mol. The van der Waals surface area contributed by atoms with Crippen LogP contribution in [0.4, 0.5) is 10.1 Å². The normalized spacial score (nSPS) is 15.6. The molecule has 3 aromatic rings. The Morgan fingerprint density at radius 1 is 1.18 bits per heavy atom. The summed E-state index contributed by atoms with van der Waals surface area (Å²) in [5.74, 6) is 0.214. The Balaban J connectivity index is 1.90. The van der Waals surface area contributed by atoms with Gasteiger partial charge in [-0.3, -0.25) is 9.36 Å². The number of ether oxygens (including phenoxy) is 1. The summed E-state index contributed by atoms with van der Waals surface area (Å²) < 4.78 is 45.6. The molecule has 0 radical (unpaired) electrons. The standard InChI is InChI=1S/C25H30FN3O4S/c1-15-12-18-22(27-23(29(4)24(18)30)16-8-10-33-11-9-16)19(13-15)25(2,3)28-20-7-6-17(26)14-21(20)34(5,31)32/h6-7,12-14,16,28H,8-11H2,1-5H3. The molecule has 0 aliphatic carbocycles. The number of fused-ring (bicyclic) bond motifs is 1. The third-order valence-corrected chi connectivity index (χ3v) is 7.55. The van der Waals surface area contributed by atoms with Crippen LogP contribution in [0.15, 0.2) is 40.0 Å². The van der Waals surface area contributed by atoms with E-state index in [2.05, 4.69) is 5.32 Å². The molecule has 1 saturated heterocycles. The molecule has 7 nitrogen and oxygen atoms in total. The summed E-state index contributed by atoms with van der Waals surface area (Å²) in [5, 5.41) is 3.78. The first-order valence-corrected chi connectivity index (χ1v) is 13.1. The molecule has 1 fully saturated rings. The lowest BCUT2D eigenvalue weighted by molar-refractivity contribution is 0.0828. The number of benzene rings is 2. The van der Waals surface area contributed by atoms with Crippen LogP contribution in [0.5, 0.6) is 0 Å². The number of aryl methyl sites for hydroxylation is 1. The minimum absolute atomic E-state index is 0.120. The zero-order chi connectivity index (χ0) is 24.8. The van der Waals surface area contributed by atoms with Gasteiger partial charge in [0.05, 0.1) is 27.0 Å². The molecule has 2 aromatic carbocycles. The van der Waals surface area contributed by atoms with E-state index in [9.17, 15) is 17.6 Å². The lowest BCUT2D eigenvalue weighted by Gasteiger charge is -2.31. The molecule has 0 amide bonds. The molecule has 0 bridgehead atoms. The summed E-state index contributed by atoms with van der Waals surface area (Å²) in [6.45, 7) is 6.95. The molecule has 2 heterocycles. The molecule has 0 unspecified atom stereocenters. The van der Waals surface area contributed by atoms with E-state index in [4.69, 9.17) is 9.72 Å². The maximum Gasteiger partial charge on any atom is 0.261 e. The maximum absolute atomic E-state index is 13.8. The van der Waals surface area contributed by atoms with Crippen molar-refractivity contribution >= 4 is 26.4 Å². The third-order valence-electron chi connectivity index (χ3n) is 6.41. The first-order chi connectivity index (χ1) is 15.9. The monoisotopic (exact) mass is 487 g/mol. The van der Waals surface area contributed by atoms with Crippen molar-refractivity contribution in [2.24, 2.45) is 7.05 Å². The SMILES string of the molecule is Cc1cc(C(C)(C)Nc2ccc(F)cc2S(C)(=O)=O)c2nc(C3CCOCC3)n(C)c(=O)c2c1. The van der Waals surface area contributed by atoms with Gasteiger partial charge in [0.1, 0.15) is 11.6 Å². The van der Waals surface area contributed by atoms with Gasteiger partial charge in [0.15, 0.2) is 9.84 Å². The van der Waals surface area contributed by atoms with Gasteiger partial charge in [0.2, 0.25) is 0 Å². The summed E-state index contributed by atoms with van der Waals surface area (Å²) in [6.07, 6.45) is 2.64. The fraction of sp³-hybridized carbons (Fsp3) is 0.440. The van der Waals surface area contributed by atoms with Crippen molar-refractivity contribution in [1.82, 2.24) is 9.55 Å². The average molecular weight is 488 g/mol. The fourth-order valence-corrected chi connectivity index (χ4v) is 5.49. The lowest BCUT2D eigenvalue weighted by atomic mass is 9.89. The van der Waals surface area contributed by atoms with Gasteiger partial charge in [-0.2, -0.15) is 0 Å². The highest BCUT2D eigenvalue weighted by Crippen LogP contribution is 2.35. The minimum atomic E-state index is -3.68. The minimum Gasteiger partial charge on any atom is -0.381 e. The quantitative estimate of drug-likeness (QED) is 0.585. The van der Waals surface area contributed by atoms with Crippen LogP contribution >= 0.6 is 0 Å². The molecule has 0 spiro atoms. The molecule has 1 aliphatic rings. The van der Waals surface area contributed by atoms with Crippen LogP contribution in [-0.2, 0) is 27.2 Å². The second-order valence-corrected chi connectivity index (χ2v) is 11.6. The maximum atomic E-state index is 13.8. The smallest absolute Gasteiger partial charge is 0.261 e. The number of hydrogen-bond donors (Lipinski definition) is 1. The Morgan fingerprint density at radius 3 is 2.50 bits per heavy atom. The Labute approximate surface area is 198 Å². The highest BCUT2D eigenvalue weighted by molar-refractivity contribution is 7.90. The van der Waals surface area contributed by atoms with Gasteiger partial charge < -0.3 is 10.1 Å². The molecular weight excluding hydrogens is 457 g/mol. The van der Waals surface area contributed by atoms with Crippen molar-refractivity contribution in [2.45, 2.75) is 50.0 Å². The van der Waals surface area contributed by atoms with Crippen molar-refractivity contribution < 1.29 is 17.5 Å². The number of halogens is 1. The first kappa shape index (κ1) is 24.3. The topological polar surface area (TPSA) is 90.3 Å². The largest absolute Gasteiger partial charge is 0.381 e. The van der Waals surface area contributed by atoms with Gasteiger partial charge >= 0.3 is 0 Å². The van der Waals surface area contributed by atoms with Crippen LogP contribution < -0.4 is 10.9 Å². The van der Waals surface area contributed by atoms with Crippen molar-refractivity contribution in [3.63, 3.8) is 0 Å². The molecule has 9 heteroatoms. The Kier molecular flexibility index (Phi) is 6.29. The van der Waals surface area contributed by atoms with E-state index in [1.54, 1.807) is 11.6 Å². The van der Waals surface area contributed by atoms with E-state index < -0.39 is 21.2 Å². The van der Waals surface area contributed by atoms with Gasteiger partial charge in [0, 0.05) is 38.0 Å². The van der Waals surface area contributed by atoms with E-state index in [0.717, 1.165) is 42.1 Å². The zero-order valence-electron chi connectivity index (χ0n) is 20.1. The van der Waals surface area contributed by atoms with E-state index in [1.165, 1.54) is 12.1 Å².